The molecule has 0 fully saturated rings. The van der Waals surface area contributed by atoms with Crippen molar-refractivity contribution in [3.8, 4) is 12.3 Å². The molecule has 0 aromatic heterocycles. The van der Waals surface area contributed by atoms with Gasteiger partial charge in [-0.1, -0.05) is 6.07 Å². The fourth-order valence-electron chi connectivity index (χ4n) is 1.42. The van der Waals surface area contributed by atoms with Gasteiger partial charge in [0.05, 0.1) is 6.10 Å². The van der Waals surface area contributed by atoms with Crippen molar-refractivity contribution in [3.05, 3.63) is 29.3 Å². The number of hydrogen-bond acceptors (Lipinski definition) is 2. The van der Waals surface area contributed by atoms with Gasteiger partial charge in [-0.2, -0.15) is 0 Å². The fourth-order valence-corrected chi connectivity index (χ4v) is 1.42. The Balaban J connectivity index is 2.79. The number of aliphatic hydroxyl groups is 1. The van der Waals surface area contributed by atoms with Gasteiger partial charge < -0.3 is 10.8 Å². The summed E-state index contributed by atoms with van der Waals surface area (Å²) < 4.78 is 0. The normalized spacial score (nSPS) is 12.1. The third kappa shape index (κ3) is 2.79. The molecule has 0 aliphatic heterocycles. The molecule has 0 radical (unpaired) electrons. The van der Waals surface area contributed by atoms with E-state index >= 15 is 0 Å². The van der Waals surface area contributed by atoms with Gasteiger partial charge in [-0.15, -0.1) is 12.3 Å². The average Bonchev–Trinajstić information content (AvgIpc) is 2.12. The molecule has 14 heavy (non-hydrogen) atoms. The van der Waals surface area contributed by atoms with Crippen LogP contribution in [0.4, 0.5) is 5.69 Å². The standard InChI is InChI=1S/C12H15NO/c1-3-4-5-12(14)10-6-9(2)7-11(13)8-10/h1,6-8,12,14H,4-5,13H2,2H3. The van der Waals surface area contributed by atoms with Crippen molar-refractivity contribution >= 4 is 5.69 Å². The molecule has 74 valence electrons. The lowest BCUT2D eigenvalue weighted by atomic mass is 10.0. The number of terminal acetylenes is 1. The molecule has 1 aromatic carbocycles. The lowest BCUT2D eigenvalue weighted by Gasteiger charge is -2.10. The van der Waals surface area contributed by atoms with Crippen LogP contribution in [0.3, 0.4) is 0 Å². The molecule has 0 saturated carbocycles. The number of rotatable bonds is 3. The Hall–Kier alpha value is -1.46. The van der Waals surface area contributed by atoms with E-state index in [4.69, 9.17) is 12.2 Å². The smallest absolute Gasteiger partial charge is 0.0800 e. The summed E-state index contributed by atoms with van der Waals surface area (Å²) in [4.78, 5) is 0. The summed E-state index contributed by atoms with van der Waals surface area (Å²) in [5, 5.41) is 9.75. The Bertz CT molecular complexity index is 332. The van der Waals surface area contributed by atoms with E-state index in [-0.39, 0.29) is 0 Å². The van der Waals surface area contributed by atoms with Crippen molar-refractivity contribution in [2.45, 2.75) is 25.9 Å². The van der Waals surface area contributed by atoms with Crippen LogP contribution in [0, 0.1) is 19.3 Å². The zero-order valence-electron chi connectivity index (χ0n) is 8.33. The Morgan fingerprint density at radius 2 is 2.21 bits per heavy atom. The second-order valence-electron chi connectivity index (χ2n) is 3.44. The Morgan fingerprint density at radius 3 is 2.79 bits per heavy atom. The molecule has 2 heteroatoms. The molecule has 3 N–H and O–H groups in total. The van der Waals surface area contributed by atoms with Crippen LogP contribution in [0.1, 0.15) is 30.1 Å². The van der Waals surface area contributed by atoms with Crippen LogP contribution in [0.15, 0.2) is 18.2 Å². The van der Waals surface area contributed by atoms with E-state index < -0.39 is 6.10 Å². The highest BCUT2D eigenvalue weighted by Crippen LogP contribution is 2.21. The molecule has 0 aliphatic carbocycles. The topological polar surface area (TPSA) is 46.2 Å². The van der Waals surface area contributed by atoms with Crippen LogP contribution < -0.4 is 5.73 Å². The SMILES string of the molecule is C#CCCC(O)c1cc(C)cc(N)c1. The average molecular weight is 189 g/mol. The maximum absolute atomic E-state index is 9.75. The number of hydrogen-bond donors (Lipinski definition) is 2. The predicted molar refractivity (Wildman–Crippen MR) is 58.6 cm³/mol. The van der Waals surface area contributed by atoms with Gasteiger partial charge in [0.1, 0.15) is 0 Å². The minimum atomic E-state index is -0.506. The second-order valence-corrected chi connectivity index (χ2v) is 3.44. The third-order valence-electron chi connectivity index (χ3n) is 2.07. The van der Waals surface area contributed by atoms with Crippen molar-refractivity contribution in [2.75, 3.05) is 5.73 Å². The van der Waals surface area contributed by atoms with Crippen molar-refractivity contribution in [1.29, 1.82) is 0 Å². The van der Waals surface area contributed by atoms with Crippen LogP contribution in [-0.4, -0.2) is 5.11 Å². The summed E-state index contributed by atoms with van der Waals surface area (Å²) in [6, 6.07) is 5.59. The van der Waals surface area contributed by atoms with E-state index in [0.29, 0.717) is 18.5 Å². The summed E-state index contributed by atoms with van der Waals surface area (Å²) in [6.45, 7) is 1.95. The summed E-state index contributed by atoms with van der Waals surface area (Å²) in [5.74, 6) is 2.51. The van der Waals surface area contributed by atoms with Crippen molar-refractivity contribution in [1.82, 2.24) is 0 Å². The lowest BCUT2D eigenvalue weighted by Crippen LogP contribution is -1.99. The maximum atomic E-state index is 9.75. The first-order valence-corrected chi connectivity index (χ1v) is 4.62. The first-order valence-electron chi connectivity index (χ1n) is 4.62. The fraction of sp³-hybridized carbons (Fsp3) is 0.333. The minimum absolute atomic E-state index is 0.506. The molecule has 1 rings (SSSR count). The molecule has 1 unspecified atom stereocenters. The molecule has 0 amide bonds. The third-order valence-corrected chi connectivity index (χ3v) is 2.07. The Kier molecular flexibility index (Phi) is 3.55. The van der Waals surface area contributed by atoms with Crippen molar-refractivity contribution < 1.29 is 5.11 Å². The van der Waals surface area contributed by atoms with Gasteiger partial charge in [0, 0.05) is 12.1 Å². The molecule has 1 atom stereocenters. The van der Waals surface area contributed by atoms with Crippen LogP contribution >= 0.6 is 0 Å². The van der Waals surface area contributed by atoms with Gasteiger partial charge in [0.25, 0.3) is 0 Å². The number of anilines is 1. The van der Waals surface area contributed by atoms with Gasteiger partial charge >= 0.3 is 0 Å². The van der Waals surface area contributed by atoms with Crippen molar-refractivity contribution in [3.63, 3.8) is 0 Å². The number of nitrogens with two attached hydrogens (primary N) is 1. The molecule has 0 aliphatic rings. The molecule has 2 nitrogen and oxygen atoms in total. The molecule has 1 aromatic rings. The second kappa shape index (κ2) is 4.69. The number of aliphatic hydroxyl groups excluding tert-OH is 1. The zero-order valence-corrected chi connectivity index (χ0v) is 8.33. The molecule has 0 heterocycles. The number of benzene rings is 1. The monoisotopic (exact) mass is 189 g/mol. The predicted octanol–water partition coefficient (Wildman–Crippen LogP) is 2.02. The number of aryl methyl sites for hydroxylation is 1. The molecule has 0 spiro atoms. The maximum Gasteiger partial charge on any atom is 0.0800 e. The van der Waals surface area contributed by atoms with E-state index in [1.165, 1.54) is 0 Å². The van der Waals surface area contributed by atoms with Gasteiger partial charge in [-0.05, 0) is 36.6 Å². The van der Waals surface area contributed by atoms with Crippen LogP contribution in [0.2, 0.25) is 0 Å². The van der Waals surface area contributed by atoms with Gasteiger partial charge in [-0.25, -0.2) is 0 Å². The van der Waals surface area contributed by atoms with E-state index in [9.17, 15) is 5.11 Å². The van der Waals surface area contributed by atoms with Crippen LogP contribution in [0.5, 0.6) is 0 Å². The Labute approximate surface area is 84.8 Å². The van der Waals surface area contributed by atoms with Crippen LogP contribution in [0.25, 0.3) is 0 Å². The highest BCUT2D eigenvalue weighted by Gasteiger charge is 2.07. The molecule has 0 saturated heterocycles. The molecule has 0 bridgehead atoms. The highest BCUT2D eigenvalue weighted by atomic mass is 16.3. The zero-order chi connectivity index (χ0) is 10.6. The largest absolute Gasteiger partial charge is 0.399 e. The first kappa shape index (κ1) is 10.6. The van der Waals surface area contributed by atoms with E-state index in [0.717, 1.165) is 11.1 Å². The highest BCUT2D eigenvalue weighted by molar-refractivity contribution is 5.44. The molecular formula is C12H15NO. The van der Waals surface area contributed by atoms with Gasteiger partial charge in [0.2, 0.25) is 0 Å². The quantitative estimate of drug-likeness (QED) is 0.564. The summed E-state index contributed by atoms with van der Waals surface area (Å²) in [6.07, 6.45) is 5.78. The van der Waals surface area contributed by atoms with Crippen LogP contribution in [-0.2, 0) is 0 Å². The number of nitrogen functional groups attached to an aromatic ring is 1. The van der Waals surface area contributed by atoms with E-state index in [2.05, 4.69) is 5.92 Å². The minimum Gasteiger partial charge on any atom is -0.399 e. The van der Waals surface area contributed by atoms with Crippen molar-refractivity contribution in [2.24, 2.45) is 0 Å². The Morgan fingerprint density at radius 1 is 1.50 bits per heavy atom. The summed E-state index contributed by atoms with van der Waals surface area (Å²) in [5.41, 5.74) is 8.26. The lowest BCUT2D eigenvalue weighted by molar-refractivity contribution is 0.169. The molecular weight excluding hydrogens is 174 g/mol. The first-order chi connectivity index (χ1) is 6.63. The summed E-state index contributed by atoms with van der Waals surface area (Å²) in [7, 11) is 0. The van der Waals surface area contributed by atoms with E-state index in [1.54, 1.807) is 6.07 Å². The van der Waals surface area contributed by atoms with E-state index in [1.807, 2.05) is 19.1 Å². The summed E-state index contributed by atoms with van der Waals surface area (Å²) >= 11 is 0. The van der Waals surface area contributed by atoms with Gasteiger partial charge in [0.15, 0.2) is 0 Å². The van der Waals surface area contributed by atoms with Gasteiger partial charge in [-0.3, -0.25) is 0 Å².